The predicted molar refractivity (Wildman–Crippen MR) is 101 cm³/mol. The number of hydrogen-bond donors (Lipinski definition) is 1. The van der Waals surface area contributed by atoms with Crippen LogP contribution in [0.2, 0.25) is 0 Å². The molecule has 150 valence electrons. The van der Waals surface area contributed by atoms with Crippen LogP contribution >= 0.6 is 0 Å². The molecule has 8 heteroatoms. The van der Waals surface area contributed by atoms with Gasteiger partial charge in [-0.1, -0.05) is 23.4 Å². The molecule has 2 saturated heterocycles. The van der Waals surface area contributed by atoms with E-state index in [2.05, 4.69) is 27.4 Å². The average molecular weight is 387 g/mol. The summed E-state index contributed by atoms with van der Waals surface area (Å²) >= 11 is 0. The number of aromatic nitrogens is 2. The normalized spacial score (nSPS) is 21.6. The SMILES string of the molecule is CN1CCC(NCc2noc([C@@H]3CCC(=O)N3Cc3ccccc3F)n2)CC1. The lowest BCUT2D eigenvalue weighted by atomic mass is 10.1. The van der Waals surface area contributed by atoms with Crippen molar-refractivity contribution < 1.29 is 13.7 Å². The molecule has 1 atom stereocenters. The second-order valence-electron chi connectivity index (χ2n) is 7.67. The van der Waals surface area contributed by atoms with Gasteiger partial charge in [0.15, 0.2) is 5.82 Å². The molecule has 2 aromatic rings. The molecule has 0 aliphatic carbocycles. The molecule has 0 spiro atoms. The quantitative estimate of drug-likeness (QED) is 0.820. The molecular weight excluding hydrogens is 361 g/mol. The first-order chi connectivity index (χ1) is 13.6. The summed E-state index contributed by atoms with van der Waals surface area (Å²) in [6.07, 6.45) is 3.23. The molecule has 0 unspecified atom stereocenters. The van der Waals surface area contributed by atoms with Crippen LogP contribution in [0, 0.1) is 5.82 Å². The summed E-state index contributed by atoms with van der Waals surface area (Å²) in [5.74, 6) is 0.702. The van der Waals surface area contributed by atoms with Gasteiger partial charge in [-0.15, -0.1) is 0 Å². The maximum Gasteiger partial charge on any atom is 0.249 e. The maximum absolute atomic E-state index is 14.0. The Balaban J connectivity index is 1.39. The monoisotopic (exact) mass is 387 g/mol. The minimum Gasteiger partial charge on any atom is -0.337 e. The highest BCUT2D eigenvalue weighted by Crippen LogP contribution is 2.33. The Bertz CT molecular complexity index is 818. The zero-order valence-corrected chi connectivity index (χ0v) is 16.1. The van der Waals surface area contributed by atoms with E-state index < -0.39 is 0 Å². The third kappa shape index (κ3) is 4.23. The number of rotatable bonds is 6. The van der Waals surface area contributed by atoms with Gasteiger partial charge in [0.05, 0.1) is 6.54 Å². The molecule has 2 aliphatic rings. The summed E-state index contributed by atoms with van der Waals surface area (Å²) in [4.78, 5) is 20.8. The van der Waals surface area contributed by atoms with Gasteiger partial charge in [0, 0.05) is 24.6 Å². The van der Waals surface area contributed by atoms with E-state index in [1.54, 1.807) is 23.1 Å². The Morgan fingerprint density at radius 1 is 1.25 bits per heavy atom. The first-order valence-electron chi connectivity index (χ1n) is 9.87. The van der Waals surface area contributed by atoms with Gasteiger partial charge in [0.1, 0.15) is 11.9 Å². The third-order valence-corrected chi connectivity index (χ3v) is 5.66. The van der Waals surface area contributed by atoms with E-state index in [0.29, 0.717) is 42.7 Å². The number of piperidine rings is 1. The van der Waals surface area contributed by atoms with E-state index in [-0.39, 0.29) is 24.3 Å². The zero-order valence-electron chi connectivity index (χ0n) is 16.1. The molecule has 0 bridgehead atoms. The van der Waals surface area contributed by atoms with Crippen molar-refractivity contribution in [3.63, 3.8) is 0 Å². The van der Waals surface area contributed by atoms with Crippen molar-refractivity contribution >= 4 is 5.91 Å². The Kier molecular flexibility index (Phi) is 5.68. The van der Waals surface area contributed by atoms with Gasteiger partial charge in [0.2, 0.25) is 11.8 Å². The van der Waals surface area contributed by atoms with Crippen molar-refractivity contribution in [1.29, 1.82) is 0 Å². The smallest absolute Gasteiger partial charge is 0.249 e. The lowest BCUT2D eigenvalue weighted by molar-refractivity contribution is -0.130. The molecule has 0 radical (unpaired) electrons. The van der Waals surface area contributed by atoms with Crippen molar-refractivity contribution in [3.05, 3.63) is 47.4 Å². The van der Waals surface area contributed by atoms with Gasteiger partial charge in [-0.25, -0.2) is 4.39 Å². The molecule has 1 amide bonds. The van der Waals surface area contributed by atoms with Crippen LogP contribution in [0.25, 0.3) is 0 Å². The number of halogens is 1. The van der Waals surface area contributed by atoms with Crippen LogP contribution in [0.1, 0.15) is 49.0 Å². The number of carbonyl (C=O) groups is 1. The van der Waals surface area contributed by atoms with Gasteiger partial charge < -0.3 is 19.6 Å². The van der Waals surface area contributed by atoms with E-state index in [4.69, 9.17) is 4.52 Å². The molecule has 2 aliphatic heterocycles. The topological polar surface area (TPSA) is 74.5 Å². The van der Waals surface area contributed by atoms with E-state index in [9.17, 15) is 9.18 Å². The molecule has 7 nitrogen and oxygen atoms in total. The van der Waals surface area contributed by atoms with Crippen LogP contribution in [-0.4, -0.2) is 52.0 Å². The molecule has 1 aromatic heterocycles. The Hall–Kier alpha value is -2.32. The first kappa shape index (κ1) is 19.0. The number of benzene rings is 1. The maximum atomic E-state index is 14.0. The fourth-order valence-corrected chi connectivity index (χ4v) is 3.92. The standard InChI is InChI=1S/C20H26FN5O2/c1-25-10-8-15(9-11-25)22-12-18-23-20(28-24-18)17-6-7-19(27)26(17)13-14-4-2-3-5-16(14)21/h2-5,15,17,22H,6-13H2,1H3/t17-/m0/s1. The first-order valence-corrected chi connectivity index (χ1v) is 9.87. The summed E-state index contributed by atoms with van der Waals surface area (Å²) in [7, 11) is 2.14. The van der Waals surface area contributed by atoms with Crippen molar-refractivity contribution in [3.8, 4) is 0 Å². The van der Waals surface area contributed by atoms with Crippen molar-refractivity contribution in [2.24, 2.45) is 0 Å². The minimum atomic E-state index is -0.311. The predicted octanol–water partition coefficient (Wildman–Crippen LogP) is 2.26. The van der Waals surface area contributed by atoms with Gasteiger partial charge >= 0.3 is 0 Å². The number of nitrogens with zero attached hydrogens (tertiary/aromatic N) is 4. The highest BCUT2D eigenvalue weighted by molar-refractivity contribution is 5.78. The summed E-state index contributed by atoms with van der Waals surface area (Å²) in [5.41, 5.74) is 0.492. The summed E-state index contributed by atoms with van der Waals surface area (Å²) in [6.45, 7) is 2.93. The number of amides is 1. The molecule has 1 aromatic carbocycles. The Morgan fingerprint density at radius 2 is 2.04 bits per heavy atom. The van der Waals surface area contributed by atoms with Crippen molar-refractivity contribution in [1.82, 2.24) is 25.3 Å². The average Bonchev–Trinajstić information content (AvgIpc) is 3.30. The van der Waals surface area contributed by atoms with Gasteiger partial charge in [-0.05, 0) is 45.5 Å². The number of likely N-dealkylation sites (tertiary alicyclic amines) is 2. The fourth-order valence-electron chi connectivity index (χ4n) is 3.92. The lowest BCUT2D eigenvalue weighted by Crippen LogP contribution is -2.40. The fraction of sp³-hybridized carbons (Fsp3) is 0.550. The van der Waals surface area contributed by atoms with Crippen LogP contribution in [0.4, 0.5) is 4.39 Å². The van der Waals surface area contributed by atoms with Gasteiger partial charge in [0.25, 0.3) is 0 Å². The van der Waals surface area contributed by atoms with Crippen LogP contribution in [0.15, 0.2) is 28.8 Å². The molecule has 2 fully saturated rings. The lowest BCUT2D eigenvalue weighted by Gasteiger charge is -2.29. The summed E-state index contributed by atoms with van der Waals surface area (Å²) in [6, 6.07) is 6.69. The molecule has 1 N–H and O–H groups in total. The van der Waals surface area contributed by atoms with Gasteiger partial charge in [-0.3, -0.25) is 4.79 Å². The second kappa shape index (κ2) is 8.36. The third-order valence-electron chi connectivity index (χ3n) is 5.66. The molecule has 4 rings (SSSR count). The van der Waals surface area contributed by atoms with Crippen molar-refractivity contribution in [2.45, 2.75) is 50.9 Å². The minimum absolute atomic E-state index is 0.0162. The van der Waals surface area contributed by atoms with E-state index in [0.717, 1.165) is 25.9 Å². The largest absolute Gasteiger partial charge is 0.337 e. The van der Waals surface area contributed by atoms with E-state index >= 15 is 0 Å². The molecular formula is C20H26FN5O2. The van der Waals surface area contributed by atoms with Crippen LogP contribution < -0.4 is 5.32 Å². The zero-order chi connectivity index (χ0) is 19.5. The highest BCUT2D eigenvalue weighted by atomic mass is 19.1. The second-order valence-corrected chi connectivity index (χ2v) is 7.67. The number of hydrogen-bond acceptors (Lipinski definition) is 6. The van der Waals surface area contributed by atoms with E-state index in [1.807, 2.05) is 0 Å². The molecule has 0 saturated carbocycles. The van der Waals surface area contributed by atoms with E-state index in [1.165, 1.54) is 6.07 Å². The highest BCUT2D eigenvalue weighted by Gasteiger charge is 2.36. The molecule has 28 heavy (non-hydrogen) atoms. The Morgan fingerprint density at radius 3 is 2.82 bits per heavy atom. The molecule has 3 heterocycles. The van der Waals surface area contributed by atoms with Crippen LogP contribution in [0.3, 0.4) is 0 Å². The van der Waals surface area contributed by atoms with Gasteiger partial charge in [-0.2, -0.15) is 4.98 Å². The Labute approximate surface area is 163 Å². The number of carbonyl (C=O) groups excluding carboxylic acids is 1. The summed E-state index contributed by atoms with van der Waals surface area (Å²) < 4.78 is 19.5. The van der Waals surface area contributed by atoms with Crippen LogP contribution in [-0.2, 0) is 17.9 Å². The summed E-state index contributed by atoms with van der Waals surface area (Å²) in [5, 5.41) is 7.56. The van der Waals surface area contributed by atoms with Crippen LogP contribution in [0.5, 0.6) is 0 Å². The number of nitrogens with one attached hydrogen (secondary N) is 1. The van der Waals surface area contributed by atoms with Crippen molar-refractivity contribution in [2.75, 3.05) is 20.1 Å².